The fourth-order valence-electron chi connectivity index (χ4n) is 5.64. The van der Waals surface area contributed by atoms with Gasteiger partial charge in [-0.2, -0.15) is 5.10 Å². The minimum Gasteiger partial charge on any atom is -0.486 e. The summed E-state index contributed by atoms with van der Waals surface area (Å²) in [6, 6.07) is 14.6. The van der Waals surface area contributed by atoms with E-state index in [9.17, 15) is 0 Å². The number of halogens is 2. The van der Waals surface area contributed by atoms with Crippen LogP contribution >= 0.6 is 23.2 Å². The number of H-pyrrole nitrogens is 1. The van der Waals surface area contributed by atoms with E-state index in [0.717, 1.165) is 47.0 Å². The van der Waals surface area contributed by atoms with E-state index in [1.54, 1.807) is 12.4 Å². The Balaban J connectivity index is 1.32. The van der Waals surface area contributed by atoms with Crippen molar-refractivity contribution in [1.82, 2.24) is 15.2 Å². The molecule has 1 aliphatic rings. The standard InChI is InChI=1S/C32H36Cl2N4O/c1-22(31-27(33)20-36-21-28(31)34)39-25-12-14-30-26(18-25)29(37-38-30)13-11-23-9-8-10-24(17-23)19-32(35)15-6-4-2-3-5-7-16-32/h8-14,17-18,20-22H,2-7,15-16,19,35H2,1H3,(H,37,38)/b13-11+/t22-/m1/s1. The van der Waals surface area contributed by atoms with Crippen molar-refractivity contribution in [2.24, 2.45) is 5.73 Å². The molecule has 39 heavy (non-hydrogen) atoms. The lowest BCUT2D eigenvalue weighted by Crippen LogP contribution is -2.42. The first-order valence-corrected chi connectivity index (χ1v) is 14.7. The summed E-state index contributed by atoms with van der Waals surface area (Å²) in [4.78, 5) is 4.03. The number of aromatic amines is 1. The van der Waals surface area contributed by atoms with E-state index in [4.69, 9.17) is 33.7 Å². The monoisotopic (exact) mass is 562 g/mol. The Bertz CT molecular complexity index is 1420. The molecule has 5 nitrogen and oxygen atoms in total. The highest BCUT2D eigenvalue weighted by atomic mass is 35.5. The zero-order valence-electron chi connectivity index (χ0n) is 22.4. The Labute approximate surface area is 240 Å². The minimum absolute atomic E-state index is 0.108. The smallest absolute Gasteiger partial charge is 0.124 e. The highest BCUT2D eigenvalue weighted by Gasteiger charge is 2.25. The van der Waals surface area contributed by atoms with Crippen LogP contribution in [0.4, 0.5) is 0 Å². The van der Waals surface area contributed by atoms with E-state index in [0.29, 0.717) is 15.8 Å². The molecule has 1 fully saturated rings. The van der Waals surface area contributed by atoms with Gasteiger partial charge in [0.05, 0.1) is 21.3 Å². The maximum Gasteiger partial charge on any atom is 0.124 e. The number of pyridine rings is 1. The number of benzene rings is 2. The molecule has 1 saturated carbocycles. The summed E-state index contributed by atoms with van der Waals surface area (Å²) in [5.41, 5.74) is 11.8. The molecule has 2 aromatic carbocycles. The average Bonchev–Trinajstić information content (AvgIpc) is 3.35. The van der Waals surface area contributed by atoms with Crippen LogP contribution in [0.1, 0.15) is 86.8 Å². The predicted molar refractivity (Wildman–Crippen MR) is 162 cm³/mol. The van der Waals surface area contributed by atoms with Crippen LogP contribution in [-0.2, 0) is 6.42 Å². The van der Waals surface area contributed by atoms with Gasteiger partial charge < -0.3 is 10.5 Å². The van der Waals surface area contributed by atoms with Crippen molar-refractivity contribution in [3.63, 3.8) is 0 Å². The van der Waals surface area contributed by atoms with Crippen LogP contribution < -0.4 is 10.5 Å². The molecular formula is C32H36Cl2N4O. The zero-order valence-corrected chi connectivity index (χ0v) is 23.9. The Hall–Kier alpha value is -2.86. The normalized spacial score (nSPS) is 17.0. The van der Waals surface area contributed by atoms with Crippen LogP contribution in [0.25, 0.3) is 23.1 Å². The molecule has 204 valence electrons. The molecule has 0 unspecified atom stereocenters. The first kappa shape index (κ1) is 27.7. The van der Waals surface area contributed by atoms with Gasteiger partial charge in [0.2, 0.25) is 0 Å². The van der Waals surface area contributed by atoms with Crippen LogP contribution in [0.5, 0.6) is 5.75 Å². The zero-order chi connectivity index (χ0) is 27.2. The fourth-order valence-corrected chi connectivity index (χ4v) is 6.31. The van der Waals surface area contributed by atoms with Crippen LogP contribution in [0.2, 0.25) is 10.0 Å². The summed E-state index contributed by atoms with van der Waals surface area (Å²) in [5.74, 6) is 0.709. The van der Waals surface area contributed by atoms with E-state index >= 15 is 0 Å². The molecule has 0 saturated heterocycles. The summed E-state index contributed by atoms with van der Waals surface area (Å²) < 4.78 is 6.20. The van der Waals surface area contributed by atoms with Gasteiger partial charge in [0.1, 0.15) is 11.9 Å². The van der Waals surface area contributed by atoms with Crippen LogP contribution in [0, 0.1) is 0 Å². The molecule has 0 spiro atoms. The molecule has 2 aromatic heterocycles. The van der Waals surface area contributed by atoms with Gasteiger partial charge >= 0.3 is 0 Å². The van der Waals surface area contributed by atoms with Crippen LogP contribution in [0.15, 0.2) is 54.9 Å². The molecule has 7 heteroatoms. The number of nitrogens with one attached hydrogen (secondary N) is 1. The van der Waals surface area contributed by atoms with Gasteiger partial charge in [0.25, 0.3) is 0 Å². The summed E-state index contributed by atoms with van der Waals surface area (Å²) in [5, 5.41) is 9.59. The summed E-state index contributed by atoms with van der Waals surface area (Å²) in [6.45, 7) is 1.92. The summed E-state index contributed by atoms with van der Waals surface area (Å²) in [7, 11) is 0. The topological polar surface area (TPSA) is 76.8 Å². The Morgan fingerprint density at radius 3 is 2.44 bits per heavy atom. The molecule has 0 amide bonds. The SMILES string of the molecule is C[C@@H](Oc1ccc2[nH]nc(/C=C/c3cccc(CC4(N)CCCCCCCC4)c3)c2c1)c1c(Cl)cncc1Cl. The number of rotatable bonds is 7. The van der Waals surface area contributed by atoms with E-state index in [2.05, 4.69) is 45.5 Å². The second-order valence-electron chi connectivity index (χ2n) is 10.8. The van der Waals surface area contributed by atoms with Crippen molar-refractivity contribution in [1.29, 1.82) is 0 Å². The second kappa shape index (κ2) is 12.5. The van der Waals surface area contributed by atoms with Gasteiger partial charge in [-0.25, -0.2) is 0 Å². The van der Waals surface area contributed by atoms with Crippen molar-refractivity contribution in [3.8, 4) is 5.75 Å². The lowest BCUT2D eigenvalue weighted by Gasteiger charge is -2.29. The largest absolute Gasteiger partial charge is 0.486 e. The van der Waals surface area contributed by atoms with Gasteiger partial charge in [-0.15, -0.1) is 0 Å². The van der Waals surface area contributed by atoms with Crippen LogP contribution in [-0.4, -0.2) is 20.7 Å². The van der Waals surface area contributed by atoms with Gasteiger partial charge in [0.15, 0.2) is 0 Å². The highest BCUT2D eigenvalue weighted by molar-refractivity contribution is 6.35. The lowest BCUT2D eigenvalue weighted by molar-refractivity contribution is 0.227. The molecule has 1 aliphatic carbocycles. The van der Waals surface area contributed by atoms with Crippen molar-refractivity contribution in [2.75, 3.05) is 0 Å². The summed E-state index contributed by atoms with van der Waals surface area (Å²) in [6.07, 6.45) is 17.9. The fraction of sp³-hybridized carbons (Fsp3) is 0.375. The van der Waals surface area contributed by atoms with E-state index < -0.39 is 0 Å². The third-order valence-electron chi connectivity index (χ3n) is 7.71. The lowest BCUT2D eigenvalue weighted by atomic mass is 9.83. The number of hydrogen-bond acceptors (Lipinski definition) is 4. The molecular weight excluding hydrogens is 527 g/mol. The minimum atomic E-state index is -0.341. The second-order valence-corrected chi connectivity index (χ2v) is 11.6. The number of nitrogens with zero attached hydrogens (tertiary/aromatic N) is 2. The van der Waals surface area contributed by atoms with Gasteiger partial charge in [-0.3, -0.25) is 10.1 Å². The maximum atomic E-state index is 6.93. The quantitative estimate of drug-likeness (QED) is 0.235. The first-order chi connectivity index (χ1) is 18.9. The summed E-state index contributed by atoms with van der Waals surface area (Å²) >= 11 is 12.7. The van der Waals surface area contributed by atoms with Crippen LogP contribution in [0.3, 0.4) is 0 Å². The average molecular weight is 564 g/mol. The molecule has 0 aliphatic heterocycles. The number of aromatic nitrogens is 3. The van der Waals surface area contributed by atoms with E-state index in [1.807, 2.05) is 31.2 Å². The van der Waals surface area contributed by atoms with E-state index in [1.165, 1.54) is 44.1 Å². The van der Waals surface area contributed by atoms with Gasteiger partial charge in [-0.05, 0) is 61.6 Å². The van der Waals surface area contributed by atoms with Crippen molar-refractivity contribution in [2.45, 2.75) is 76.4 Å². The Morgan fingerprint density at radius 1 is 0.974 bits per heavy atom. The van der Waals surface area contributed by atoms with Crippen molar-refractivity contribution in [3.05, 3.63) is 87.3 Å². The number of ether oxygens (including phenoxy) is 1. The van der Waals surface area contributed by atoms with Gasteiger partial charge in [-0.1, -0.05) is 92.1 Å². The molecule has 3 N–H and O–H groups in total. The van der Waals surface area contributed by atoms with E-state index in [-0.39, 0.29) is 11.6 Å². The third kappa shape index (κ3) is 7.02. The molecule has 4 aromatic rings. The van der Waals surface area contributed by atoms with Gasteiger partial charge in [0, 0.05) is 28.9 Å². The first-order valence-electron chi connectivity index (χ1n) is 13.9. The van der Waals surface area contributed by atoms with Crippen molar-refractivity contribution >= 4 is 46.3 Å². The maximum absolute atomic E-state index is 6.93. The highest BCUT2D eigenvalue weighted by Crippen LogP contribution is 2.34. The predicted octanol–water partition coefficient (Wildman–Crippen LogP) is 8.95. The number of nitrogens with two attached hydrogens (primary N) is 1. The molecule has 5 rings (SSSR count). The molecule has 0 bridgehead atoms. The third-order valence-corrected chi connectivity index (χ3v) is 8.32. The molecule has 1 atom stereocenters. The number of hydrogen-bond donors (Lipinski definition) is 2. The number of fused-ring (bicyclic) bond motifs is 1. The molecule has 0 radical (unpaired) electrons. The van der Waals surface area contributed by atoms with Crippen molar-refractivity contribution < 1.29 is 4.74 Å². The molecule has 2 heterocycles. The Morgan fingerprint density at radius 2 is 1.69 bits per heavy atom. The Kier molecular flexibility index (Phi) is 8.91.